The zero-order valence-electron chi connectivity index (χ0n) is 19.9. The molecule has 3 aliphatic rings. The Morgan fingerprint density at radius 3 is 2.49 bits per heavy atom. The molecule has 5 heterocycles. The first-order valence-corrected chi connectivity index (χ1v) is 13.1. The molecule has 2 N–H and O–H groups in total. The fourth-order valence-electron chi connectivity index (χ4n) is 4.76. The molecule has 0 unspecified atom stereocenters. The van der Waals surface area contributed by atoms with Gasteiger partial charge in [0, 0.05) is 74.7 Å². The van der Waals surface area contributed by atoms with Crippen LogP contribution < -0.4 is 10.6 Å². The van der Waals surface area contributed by atoms with E-state index in [1.807, 2.05) is 4.90 Å². The average molecular weight is 495 g/mol. The van der Waals surface area contributed by atoms with Crippen molar-refractivity contribution >= 4 is 39.4 Å². The number of carbonyl (C=O) groups is 1. The summed E-state index contributed by atoms with van der Waals surface area (Å²) in [5, 5.41) is 2.19. The minimum atomic E-state index is -0.0965. The normalized spacial score (nSPS) is 20.4. The Labute approximate surface area is 208 Å². The predicted octanol–water partition coefficient (Wildman–Crippen LogP) is 2.01. The number of fused-ring (bicyclic) bond motifs is 1. The van der Waals surface area contributed by atoms with E-state index in [4.69, 9.17) is 20.4 Å². The molecule has 10 nitrogen and oxygen atoms in total. The van der Waals surface area contributed by atoms with Gasteiger partial charge in [-0.2, -0.15) is 0 Å². The number of nitrogen functional groups attached to an aromatic ring is 1. The number of aromatic nitrogens is 4. The fourth-order valence-corrected chi connectivity index (χ4v) is 5.77. The zero-order chi connectivity index (χ0) is 24.0. The number of nitrogens with zero attached hydrogens (tertiary/aromatic N) is 7. The van der Waals surface area contributed by atoms with Crippen LogP contribution >= 0.6 is 11.3 Å². The Morgan fingerprint density at radius 2 is 1.80 bits per heavy atom. The Balaban J connectivity index is 1.28. The average Bonchev–Trinajstić information content (AvgIpc) is 3.53. The lowest BCUT2D eigenvalue weighted by Crippen LogP contribution is -2.50. The topological polar surface area (TPSA) is 114 Å². The van der Waals surface area contributed by atoms with Gasteiger partial charge in [-0.1, -0.05) is 6.92 Å². The number of nitrogens with two attached hydrogens (primary N) is 1. The van der Waals surface area contributed by atoms with Gasteiger partial charge in [0.25, 0.3) is 0 Å². The van der Waals surface area contributed by atoms with Crippen molar-refractivity contribution in [3.63, 3.8) is 0 Å². The summed E-state index contributed by atoms with van der Waals surface area (Å²) in [6.07, 6.45) is 5.51. The molecule has 6 rings (SSSR count). The van der Waals surface area contributed by atoms with Crippen LogP contribution in [0.2, 0.25) is 0 Å². The monoisotopic (exact) mass is 494 g/mol. The van der Waals surface area contributed by atoms with Gasteiger partial charge in [-0.05, 0) is 18.2 Å². The lowest BCUT2D eigenvalue weighted by Gasteiger charge is -2.36. The molecule has 0 radical (unpaired) electrons. The summed E-state index contributed by atoms with van der Waals surface area (Å²) in [5.74, 6) is 1.28. The SMILES string of the molecule is CC1(C(=O)N2CCN(Cc3csc4c(-c5cnc(N)nc5)nc(N5CCOCC5)nc34)CC2)CC1. The van der Waals surface area contributed by atoms with Gasteiger partial charge in [0.05, 0.1) is 29.1 Å². The fraction of sp³-hybridized carbons (Fsp3) is 0.542. The van der Waals surface area contributed by atoms with Gasteiger partial charge in [0.15, 0.2) is 0 Å². The van der Waals surface area contributed by atoms with Gasteiger partial charge in [-0.15, -0.1) is 11.3 Å². The van der Waals surface area contributed by atoms with Crippen LogP contribution in [0, 0.1) is 5.41 Å². The molecule has 0 aromatic carbocycles. The standard InChI is InChI=1S/C24H30N8O2S/c1-24(2-3-24)21(33)31-6-4-30(5-7-31)14-17-15-35-20-18(16-12-26-22(25)27-13-16)28-23(29-19(17)20)32-8-10-34-11-9-32/h12-13,15H,2-11,14H2,1H3,(H2,25,26,27). The number of ether oxygens (including phenoxy) is 1. The van der Waals surface area contributed by atoms with Crippen molar-refractivity contribution in [2.45, 2.75) is 26.3 Å². The maximum absolute atomic E-state index is 12.7. The van der Waals surface area contributed by atoms with Crippen molar-refractivity contribution < 1.29 is 9.53 Å². The molecule has 0 bridgehead atoms. The van der Waals surface area contributed by atoms with Crippen molar-refractivity contribution in [1.29, 1.82) is 0 Å². The number of morpholine rings is 1. The van der Waals surface area contributed by atoms with E-state index in [2.05, 4.69) is 32.1 Å². The van der Waals surface area contributed by atoms with Crippen molar-refractivity contribution in [3.05, 3.63) is 23.3 Å². The Bertz CT molecular complexity index is 1230. The summed E-state index contributed by atoms with van der Waals surface area (Å²) in [7, 11) is 0. The third-order valence-electron chi connectivity index (χ3n) is 7.29. The molecular weight excluding hydrogens is 464 g/mol. The van der Waals surface area contributed by atoms with Crippen LogP contribution in [0.4, 0.5) is 11.9 Å². The highest BCUT2D eigenvalue weighted by Crippen LogP contribution is 2.46. The first-order valence-electron chi connectivity index (χ1n) is 12.2. The molecule has 0 atom stereocenters. The number of amides is 1. The van der Waals surface area contributed by atoms with Crippen LogP contribution in [0.1, 0.15) is 25.3 Å². The van der Waals surface area contributed by atoms with Crippen molar-refractivity contribution in [3.8, 4) is 11.3 Å². The molecule has 0 spiro atoms. The summed E-state index contributed by atoms with van der Waals surface area (Å²) in [6.45, 7) is 9.08. The number of rotatable bonds is 5. The molecule has 11 heteroatoms. The molecule has 35 heavy (non-hydrogen) atoms. The highest BCUT2D eigenvalue weighted by molar-refractivity contribution is 7.17. The third-order valence-corrected chi connectivity index (χ3v) is 8.31. The summed E-state index contributed by atoms with van der Waals surface area (Å²) < 4.78 is 6.56. The second kappa shape index (κ2) is 8.96. The van der Waals surface area contributed by atoms with Crippen LogP contribution in [-0.4, -0.2) is 88.1 Å². The van der Waals surface area contributed by atoms with Gasteiger partial charge < -0.3 is 20.3 Å². The van der Waals surface area contributed by atoms with E-state index in [-0.39, 0.29) is 11.4 Å². The highest BCUT2D eigenvalue weighted by Gasteiger charge is 2.47. The summed E-state index contributed by atoms with van der Waals surface area (Å²) in [4.78, 5) is 37.7. The zero-order valence-corrected chi connectivity index (χ0v) is 20.8. The minimum Gasteiger partial charge on any atom is -0.378 e. The lowest BCUT2D eigenvalue weighted by molar-refractivity contribution is -0.138. The minimum absolute atomic E-state index is 0.0965. The maximum atomic E-state index is 12.7. The van der Waals surface area contributed by atoms with Gasteiger partial charge in [0.2, 0.25) is 17.8 Å². The highest BCUT2D eigenvalue weighted by atomic mass is 32.1. The first kappa shape index (κ1) is 22.6. The number of carbonyl (C=O) groups excluding carboxylic acids is 1. The third kappa shape index (κ3) is 4.43. The smallest absolute Gasteiger partial charge is 0.228 e. The number of piperazine rings is 1. The van der Waals surface area contributed by atoms with Crippen LogP contribution in [0.3, 0.4) is 0 Å². The number of anilines is 2. The molecule has 3 aromatic heterocycles. The van der Waals surface area contributed by atoms with E-state index in [0.29, 0.717) is 25.1 Å². The van der Waals surface area contributed by atoms with E-state index >= 15 is 0 Å². The second-order valence-corrected chi connectivity index (χ2v) is 10.7. The lowest BCUT2D eigenvalue weighted by atomic mass is 10.1. The molecule has 2 aliphatic heterocycles. The summed E-state index contributed by atoms with van der Waals surface area (Å²) in [5.41, 5.74) is 9.45. The summed E-state index contributed by atoms with van der Waals surface area (Å²) in [6, 6.07) is 0. The van der Waals surface area contributed by atoms with Crippen LogP contribution in [0.5, 0.6) is 0 Å². The number of hydrogen-bond acceptors (Lipinski definition) is 10. The molecule has 2 saturated heterocycles. The van der Waals surface area contributed by atoms with Crippen molar-refractivity contribution in [2.24, 2.45) is 5.41 Å². The van der Waals surface area contributed by atoms with E-state index in [0.717, 1.165) is 80.1 Å². The molecule has 3 fully saturated rings. The van der Waals surface area contributed by atoms with Gasteiger partial charge in [-0.25, -0.2) is 19.9 Å². The van der Waals surface area contributed by atoms with Crippen LogP contribution in [0.25, 0.3) is 21.5 Å². The molecule has 184 valence electrons. The Morgan fingerprint density at radius 1 is 1.09 bits per heavy atom. The van der Waals surface area contributed by atoms with Gasteiger partial charge in [0.1, 0.15) is 0 Å². The predicted molar refractivity (Wildman–Crippen MR) is 135 cm³/mol. The summed E-state index contributed by atoms with van der Waals surface area (Å²) >= 11 is 1.65. The van der Waals surface area contributed by atoms with E-state index in [1.165, 1.54) is 5.56 Å². The maximum Gasteiger partial charge on any atom is 0.228 e. The largest absolute Gasteiger partial charge is 0.378 e. The molecule has 3 aromatic rings. The van der Waals surface area contributed by atoms with Crippen LogP contribution in [0.15, 0.2) is 17.8 Å². The molecule has 1 saturated carbocycles. The van der Waals surface area contributed by atoms with Gasteiger partial charge in [-0.3, -0.25) is 9.69 Å². The Kier molecular flexibility index (Phi) is 5.78. The molecule has 1 amide bonds. The van der Waals surface area contributed by atoms with Gasteiger partial charge >= 0.3 is 0 Å². The Hall–Kier alpha value is -2.89. The first-order chi connectivity index (χ1) is 17.0. The number of hydrogen-bond donors (Lipinski definition) is 1. The van der Waals surface area contributed by atoms with E-state index < -0.39 is 0 Å². The number of thiophene rings is 1. The quantitative estimate of drug-likeness (QED) is 0.569. The second-order valence-electron chi connectivity index (χ2n) is 9.87. The van der Waals surface area contributed by atoms with E-state index in [1.54, 1.807) is 23.7 Å². The molecule has 1 aliphatic carbocycles. The van der Waals surface area contributed by atoms with Crippen LogP contribution in [-0.2, 0) is 16.1 Å². The van der Waals surface area contributed by atoms with Crippen molar-refractivity contribution in [2.75, 3.05) is 63.1 Å². The van der Waals surface area contributed by atoms with Crippen molar-refractivity contribution in [1.82, 2.24) is 29.7 Å². The molecular formula is C24H30N8O2S. The van der Waals surface area contributed by atoms with E-state index in [9.17, 15) is 4.79 Å².